The van der Waals surface area contributed by atoms with Crippen LogP contribution in [0.4, 0.5) is 0 Å². The zero-order chi connectivity index (χ0) is 12.6. The van der Waals surface area contributed by atoms with Gasteiger partial charge in [0.1, 0.15) is 5.82 Å². The molecule has 0 radical (unpaired) electrons. The van der Waals surface area contributed by atoms with E-state index in [1.54, 1.807) is 0 Å². The maximum Gasteiger partial charge on any atom is 0.221 e. The summed E-state index contributed by atoms with van der Waals surface area (Å²) >= 11 is 0. The SMILES string of the molecule is CC(C)Oc1nc(C(C)(C)C)nc2c1CNC2. The molecule has 1 N–H and O–H groups in total. The fourth-order valence-electron chi connectivity index (χ4n) is 1.79. The van der Waals surface area contributed by atoms with Crippen molar-refractivity contribution in [3.05, 3.63) is 17.1 Å². The minimum absolute atomic E-state index is 0.0489. The molecule has 4 nitrogen and oxygen atoms in total. The topological polar surface area (TPSA) is 47.0 Å². The molecule has 4 heteroatoms. The Kier molecular flexibility index (Phi) is 3.08. The number of hydrogen-bond donors (Lipinski definition) is 1. The normalized spacial score (nSPS) is 15.2. The molecule has 0 aromatic carbocycles. The fourth-order valence-corrected chi connectivity index (χ4v) is 1.79. The van der Waals surface area contributed by atoms with Gasteiger partial charge in [0, 0.05) is 18.5 Å². The van der Waals surface area contributed by atoms with Crippen molar-refractivity contribution in [2.24, 2.45) is 0 Å². The zero-order valence-corrected chi connectivity index (χ0v) is 11.3. The molecule has 1 aliphatic heterocycles. The summed E-state index contributed by atoms with van der Waals surface area (Å²) in [4.78, 5) is 9.22. The summed E-state index contributed by atoms with van der Waals surface area (Å²) in [6.07, 6.45) is 0.141. The van der Waals surface area contributed by atoms with Gasteiger partial charge in [-0.25, -0.2) is 4.98 Å². The molecule has 0 saturated heterocycles. The molecular formula is C13H21N3O. The number of nitrogens with one attached hydrogen (secondary N) is 1. The molecule has 0 unspecified atom stereocenters. The van der Waals surface area contributed by atoms with Crippen molar-refractivity contribution in [3.8, 4) is 5.88 Å². The lowest BCUT2D eigenvalue weighted by atomic mass is 9.95. The van der Waals surface area contributed by atoms with Crippen LogP contribution in [-0.4, -0.2) is 16.1 Å². The van der Waals surface area contributed by atoms with Crippen LogP contribution < -0.4 is 10.1 Å². The van der Waals surface area contributed by atoms with Gasteiger partial charge >= 0.3 is 0 Å². The first-order valence-corrected chi connectivity index (χ1v) is 6.15. The Morgan fingerprint density at radius 1 is 1.18 bits per heavy atom. The third-order valence-electron chi connectivity index (χ3n) is 2.67. The van der Waals surface area contributed by atoms with Crippen LogP contribution in [0.25, 0.3) is 0 Å². The fraction of sp³-hybridized carbons (Fsp3) is 0.692. The molecular weight excluding hydrogens is 214 g/mol. The van der Waals surface area contributed by atoms with Crippen LogP contribution in [0.3, 0.4) is 0 Å². The second-order valence-electron chi connectivity index (χ2n) is 5.80. The van der Waals surface area contributed by atoms with E-state index in [-0.39, 0.29) is 11.5 Å². The van der Waals surface area contributed by atoms with E-state index >= 15 is 0 Å². The molecule has 0 saturated carbocycles. The first kappa shape index (κ1) is 12.3. The molecule has 2 rings (SSSR count). The summed E-state index contributed by atoms with van der Waals surface area (Å²) < 4.78 is 5.80. The molecule has 0 atom stereocenters. The first-order chi connectivity index (χ1) is 7.88. The molecule has 1 aromatic rings. The van der Waals surface area contributed by atoms with Crippen molar-refractivity contribution in [2.45, 2.75) is 59.2 Å². The second-order valence-corrected chi connectivity index (χ2v) is 5.80. The summed E-state index contributed by atoms with van der Waals surface area (Å²) in [5.74, 6) is 1.61. The molecule has 94 valence electrons. The van der Waals surface area contributed by atoms with Gasteiger partial charge in [0.2, 0.25) is 5.88 Å². The van der Waals surface area contributed by atoms with Gasteiger partial charge in [0.15, 0.2) is 0 Å². The third-order valence-corrected chi connectivity index (χ3v) is 2.67. The van der Waals surface area contributed by atoms with E-state index < -0.39 is 0 Å². The smallest absolute Gasteiger partial charge is 0.221 e. The number of ether oxygens (including phenoxy) is 1. The van der Waals surface area contributed by atoms with Gasteiger partial charge in [0.05, 0.1) is 17.4 Å². The summed E-state index contributed by atoms with van der Waals surface area (Å²) in [5.41, 5.74) is 2.15. The molecule has 17 heavy (non-hydrogen) atoms. The highest BCUT2D eigenvalue weighted by molar-refractivity contribution is 5.35. The van der Waals surface area contributed by atoms with Gasteiger partial charge in [-0.2, -0.15) is 4.98 Å². The van der Waals surface area contributed by atoms with Crippen molar-refractivity contribution in [1.29, 1.82) is 0 Å². The standard InChI is InChI=1S/C13H21N3O/c1-8(2)17-11-9-6-14-7-10(9)15-12(16-11)13(3,4)5/h8,14H,6-7H2,1-5H3. The third kappa shape index (κ3) is 2.57. The molecule has 0 bridgehead atoms. The Morgan fingerprint density at radius 2 is 1.88 bits per heavy atom. The van der Waals surface area contributed by atoms with Crippen LogP contribution in [-0.2, 0) is 18.5 Å². The van der Waals surface area contributed by atoms with E-state index in [0.29, 0.717) is 0 Å². The highest BCUT2D eigenvalue weighted by atomic mass is 16.5. The summed E-state index contributed by atoms with van der Waals surface area (Å²) in [6, 6.07) is 0. The highest BCUT2D eigenvalue weighted by Crippen LogP contribution is 2.28. The maximum atomic E-state index is 5.80. The molecule has 0 spiro atoms. The molecule has 1 aliphatic rings. The second kappa shape index (κ2) is 4.26. The predicted octanol–water partition coefficient (Wildman–Crippen LogP) is 2.16. The Morgan fingerprint density at radius 3 is 2.47 bits per heavy atom. The summed E-state index contributed by atoms with van der Waals surface area (Å²) in [6.45, 7) is 12.0. The van der Waals surface area contributed by atoms with E-state index in [1.807, 2.05) is 13.8 Å². The molecule has 1 aromatic heterocycles. The van der Waals surface area contributed by atoms with Crippen LogP contribution in [0.1, 0.15) is 51.7 Å². The van der Waals surface area contributed by atoms with Crippen LogP contribution in [0, 0.1) is 0 Å². The average Bonchev–Trinajstić information content (AvgIpc) is 2.62. The monoisotopic (exact) mass is 235 g/mol. The van der Waals surface area contributed by atoms with Crippen molar-refractivity contribution in [1.82, 2.24) is 15.3 Å². The van der Waals surface area contributed by atoms with Crippen LogP contribution >= 0.6 is 0 Å². The Bertz CT molecular complexity index is 421. The minimum Gasteiger partial charge on any atom is -0.475 e. The number of nitrogens with zero attached hydrogens (tertiary/aromatic N) is 2. The summed E-state index contributed by atoms with van der Waals surface area (Å²) in [7, 11) is 0. The molecule has 0 amide bonds. The lowest BCUT2D eigenvalue weighted by molar-refractivity contribution is 0.227. The van der Waals surface area contributed by atoms with Crippen molar-refractivity contribution >= 4 is 0 Å². The quantitative estimate of drug-likeness (QED) is 0.853. The molecule has 2 heterocycles. The largest absolute Gasteiger partial charge is 0.475 e. The van der Waals surface area contributed by atoms with Gasteiger partial charge in [-0.05, 0) is 13.8 Å². The van der Waals surface area contributed by atoms with E-state index in [2.05, 4.69) is 36.1 Å². The minimum atomic E-state index is -0.0489. The average molecular weight is 235 g/mol. The number of hydrogen-bond acceptors (Lipinski definition) is 4. The Labute approximate surface area is 103 Å². The lowest BCUT2D eigenvalue weighted by Gasteiger charge is -2.20. The van der Waals surface area contributed by atoms with Gasteiger partial charge in [-0.3, -0.25) is 0 Å². The van der Waals surface area contributed by atoms with Crippen molar-refractivity contribution < 1.29 is 4.74 Å². The molecule has 0 fully saturated rings. The lowest BCUT2D eigenvalue weighted by Crippen LogP contribution is -2.19. The van der Waals surface area contributed by atoms with Gasteiger partial charge in [0.25, 0.3) is 0 Å². The van der Waals surface area contributed by atoms with Gasteiger partial charge < -0.3 is 10.1 Å². The van der Waals surface area contributed by atoms with E-state index in [9.17, 15) is 0 Å². The predicted molar refractivity (Wildman–Crippen MR) is 67.0 cm³/mol. The van der Waals surface area contributed by atoms with Crippen LogP contribution in [0.5, 0.6) is 5.88 Å². The van der Waals surface area contributed by atoms with Crippen LogP contribution in [0.2, 0.25) is 0 Å². The Hall–Kier alpha value is -1.16. The van der Waals surface area contributed by atoms with Gasteiger partial charge in [-0.1, -0.05) is 20.8 Å². The first-order valence-electron chi connectivity index (χ1n) is 6.15. The van der Waals surface area contributed by atoms with E-state index in [0.717, 1.165) is 36.1 Å². The van der Waals surface area contributed by atoms with E-state index in [1.165, 1.54) is 0 Å². The summed E-state index contributed by atoms with van der Waals surface area (Å²) in [5, 5.41) is 3.30. The zero-order valence-electron chi connectivity index (χ0n) is 11.3. The maximum absolute atomic E-state index is 5.80. The number of fused-ring (bicyclic) bond motifs is 1. The van der Waals surface area contributed by atoms with Crippen molar-refractivity contribution in [2.75, 3.05) is 0 Å². The van der Waals surface area contributed by atoms with Gasteiger partial charge in [-0.15, -0.1) is 0 Å². The van der Waals surface area contributed by atoms with E-state index in [4.69, 9.17) is 4.74 Å². The highest BCUT2D eigenvalue weighted by Gasteiger charge is 2.25. The van der Waals surface area contributed by atoms with Crippen molar-refractivity contribution in [3.63, 3.8) is 0 Å². The van der Waals surface area contributed by atoms with Crippen LogP contribution in [0.15, 0.2) is 0 Å². The Balaban J connectivity index is 2.46. The number of aromatic nitrogens is 2. The number of rotatable bonds is 2. The molecule has 0 aliphatic carbocycles.